The molecule has 8 heteroatoms. The van der Waals surface area contributed by atoms with Gasteiger partial charge in [0.1, 0.15) is 14.9 Å². The second-order valence-electron chi connectivity index (χ2n) is 3.02. The van der Waals surface area contributed by atoms with E-state index in [-0.39, 0.29) is 5.91 Å². The molecule has 0 aliphatic rings. The Morgan fingerprint density at radius 2 is 2.24 bits per heavy atom. The first-order valence-electron chi connectivity index (χ1n) is 4.39. The third-order valence-electron chi connectivity index (χ3n) is 1.82. The molecule has 0 radical (unpaired) electrons. The van der Waals surface area contributed by atoms with Crippen molar-refractivity contribution in [3.63, 3.8) is 0 Å². The van der Waals surface area contributed by atoms with E-state index in [9.17, 15) is 4.79 Å². The van der Waals surface area contributed by atoms with Crippen LogP contribution in [0.3, 0.4) is 0 Å². The molecular formula is C9H5Br2ClN4O. The van der Waals surface area contributed by atoms with E-state index in [4.69, 9.17) is 11.6 Å². The molecule has 0 saturated heterocycles. The zero-order valence-electron chi connectivity index (χ0n) is 8.17. The molecule has 2 rings (SSSR count). The van der Waals surface area contributed by atoms with Crippen molar-refractivity contribution in [3.8, 4) is 0 Å². The Labute approximate surface area is 118 Å². The summed E-state index contributed by atoms with van der Waals surface area (Å²) in [5.74, 6) is -0.00172. The summed E-state index contributed by atoms with van der Waals surface area (Å²) in [5, 5.41) is 3.07. The molecule has 0 bridgehead atoms. The maximum atomic E-state index is 11.8. The molecular weight excluding hydrogens is 375 g/mol. The highest BCUT2D eigenvalue weighted by atomic mass is 79.9. The monoisotopic (exact) mass is 378 g/mol. The predicted molar refractivity (Wildman–Crippen MR) is 71.2 cm³/mol. The maximum absolute atomic E-state index is 11.8. The highest BCUT2D eigenvalue weighted by Gasteiger charge is 2.12. The normalized spacial score (nSPS) is 10.3. The highest BCUT2D eigenvalue weighted by Crippen LogP contribution is 2.20. The van der Waals surface area contributed by atoms with E-state index in [0.717, 1.165) is 0 Å². The fourth-order valence-corrected chi connectivity index (χ4v) is 2.18. The highest BCUT2D eigenvalue weighted by molar-refractivity contribution is 9.11. The molecule has 0 spiro atoms. The zero-order chi connectivity index (χ0) is 12.4. The molecule has 2 aromatic heterocycles. The van der Waals surface area contributed by atoms with Crippen LogP contribution in [0.4, 0.5) is 5.82 Å². The number of anilines is 1. The summed E-state index contributed by atoms with van der Waals surface area (Å²) in [5.41, 5.74) is 0.353. The van der Waals surface area contributed by atoms with E-state index in [1.165, 1.54) is 18.5 Å². The van der Waals surface area contributed by atoms with Crippen molar-refractivity contribution in [3.05, 3.63) is 38.4 Å². The van der Waals surface area contributed by atoms with Crippen molar-refractivity contribution in [2.75, 3.05) is 5.32 Å². The number of nitrogens with one attached hydrogen (secondary N) is 2. The second kappa shape index (κ2) is 5.16. The van der Waals surface area contributed by atoms with Crippen LogP contribution in [0, 0.1) is 0 Å². The average Bonchev–Trinajstić information content (AvgIpc) is 2.69. The summed E-state index contributed by atoms with van der Waals surface area (Å²) < 4.78 is 1.02. The van der Waals surface area contributed by atoms with Crippen molar-refractivity contribution in [2.24, 2.45) is 0 Å². The smallest absolute Gasteiger partial charge is 0.273 e. The van der Waals surface area contributed by atoms with Crippen LogP contribution in [0.1, 0.15) is 10.5 Å². The largest absolute Gasteiger partial charge is 0.356 e. The molecule has 5 nitrogen and oxygen atoms in total. The maximum Gasteiger partial charge on any atom is 0.273 e. The summed E-state index contributed by atoms with van der Waals surface area (Å²) in [7, 11) is 0. The number of nitrogens with zero attached hydrogens (tertiary/aromatic N) is 2. The first kappa shape index (κ1) is 12.5. The van der Waals surface area contributed by atoms with Gasteiger partial charge in [0.05, 0.1) is 11.2 Å². The number of hydrogen-bond donors (Lipinski definition) is 2. The number of aromatic amines is 1. The SMILES string of the molecule is O=C(Nc1ncc(Br)nc1Br)c1cc(Cl)c[nH]1. The molecule has 2 heterocycles. The summed E-state index contributed by atoms with van der Waals surface area (Å²) in [6, 6.07) is 1.52. The fraction of sp³-hybridized carbons (Fsp3) is 0. The summed E-state index contributed by atoms with van der Waals surface area (Å²) in [4.78, 5) is 22.6. The summed E-state index contributed by atoms with van der Waals surface area (Å²) in [6.45, 7) is 0. The van der Waals surface area contributed by atoms with E-state index in [1.807, 2.05) is 0 Å². The number of carbonyl (C=O) groups is 1. The molecule has 0 aliphatic carbocycles. The van der Waals surface area contributed by atoms with Gasteiger partial charge in [0, 0.05) is 6.20 Å². The van der Waals surface area contributed by atoms with E-state index in [2.05, 4.69) is 52.1 Å². The minimum atomic E-state index is -0.339. The van der Waals surface area contributed by atoms with Gasteiger partial charge in [-0.3, -0.25) is 4.79 Å². The van der Waals surface area contributed by atoms with Crippen LogP contribution in [0.5, 0.6) is 0 Å². The van der Waals surface area contributed by atoms with Gasteiger partial charge in [-0.1, -0.05) is 11.6 Å². The van der Waals surface area contributed by atoms with Crippen LogP contribution in [-0.2, 0) is 0 Å². The number of amides is 1. The van der Waals surface area contributed by atoms with Crippen molar-refractivity contribution in [1.29, 1.82) is 0 Å². The van der Waals surface area contributed by atoms with Gasteiger partial charge in [-0.15, -0.1) is 0 Å². The molecule has 88 valence electrons. The Balaban J connectivity index is 2.18. The summed E-state index contributed by atoms with van der Waals surface area (Å²) >= 11 is 12.1. The standard InChI is InChI=1S/C9H5Br2ClN4O/c10-6-3-14-8(7(11)15-6)16-9(17)5-1-4(12)2-13-5/h1-3,13H,(H,14,16,17). The van der Waals surface area contributed by atoms with Crippen LogP contribution in [-0.4, -0.2) is 20.9 Å². The second-order valence-corrected chi connectivity index (χ2v) is 5.02. The Bertz CT molecular complexity index is 572. The van der Waals surface area contributed by atoms with Crippen molar-refractivity contribution in [2.45, 2.75) is 0 Å². The van der Waals surface area contributed by atoms with Crippen LogP contribution in [0.2, 0.25) is 5.02 Å². The van der Waals surface area contributed by atoms with Crippen molar-refractivity contribution in [1.82, 2.24) is 15.0 Å². The first-order chi connectivity index (χ1) is 8.06. The Hall–Kier alpha value is -0.920. The van der Waals surface area contributed by atoms with Gasteiger partial charge in [0.2, 0.25) is 0 Å². The van der Waals surface area contributed by atoms with E-state index in [0.29, 0.717) is 25.7 Å². The van der Waals surface area contributed by atoms with Crippen LogP contribution in [0.15, 0.2) is 27.7 Å². The minimum absolute atomic E-state index is 0.337. The van der Waals surface area contributed by atoms with Gasteiger partial charge in [-0.25, -0.2) is 9.97 Å². The van der Waals surface area contributed by atoms with Gasteiger partial charge >= 0.3 is 0 Å². The molecule has 0 saturated carbocycles. The third-order valence-corrected chi connectivity index (χ3v) is 2.98. The molecule has 0 aromatic carbocycles. The first-order valence-corrected chi connectivity index (χ1v) is 6.36. The van der Waals surface area contributed by atoms with Gasteiger partial charge in [-0.2, -0.15) is 0 Å². The van der Waals surface area contributed by atoms with Crippen molar-refractivity contribution < 1.29 is 4.79 Å². The quantitative estimate of drug-likeness (QED) is 0.840. The lowest BCUT2D eigenvalue weighted by Crippen LogP contribution is -2.14. The number of H-pyrrole nitrogens is 1. The molecule has 0 unspecified atom stereocenters. The van der Waals surface area contributed by atoms with E-state index < -0.39 is 0 Å². The lowest BCUT2D eigenvalue weighted by molar-refractivity contribution is 0.102. The Kier molecular flexibility index (Phi) is 3.80. The van der Waals surface area contributed by atoms with Crippen LogP contribution < -0.4 is 5.32 Å². The molecule has 2 N–H and O–H groups in total. The van der Waals surface area contributed by atoms with Gasteiger partial charge in [0.25, 0.3) is 5.91 Å². The number of carbonyl (C=O) groups excluding carboxylic acids is 1. The number of halogens is 3. The minimum Gasteiger partial charge on any atom is -0.356 e. The molecule has 1 amide bonds. The Morgan fingerprint density at radius 1 is 1.47 bits per heavy atom. The zero-order valence-corrected chi connectivity index (χ0v) is 12.1. The van der Waals surface area contributed by atoms with Crippen molar-refractivity contribution >= 4 is 55.2 Å². The average molecular weight is 380 g/mol. The lowest BCUT2D eigenvalue weighted by atomic mass is 10.4. The Morgan fingerprint density at radius 3 is 2.82 bits per heavy atom. The lowest BCUT2D eigenvalue weighted by Gasteiger charge is -2.04. The molecule has 0 atom stereocenters. The number of hydrogen-bond acceptors (Lipinski definition) is 3. The van der Waals surface area contributed by atoms with E-state index in [1.54, 1.807) is 0 Å². The molecule has 2 aromatic rings. The molecule has 0 aliphatic heterocycles. The topological polar surface area (TPSA) is 70.7 Å². The summed E-state index contributed by atoms with van der Waals surface area (Å²) in [6.07, 6.45) is 3.01. The van der Waals surface area contributed by atoms with E-state index >= 15 is 0 Å². The fourth-order valence-electron chi connectivity index (χ4n) is 1.10. The number of rotatable bonds is 2. The molecule has 0 fully saturated rings. The molecule has 17 heavy (non-hydrogen) atoms. The van der Waals surface area contributed by atoms with Gasteiger partial charge < -0.3 is 10.3 Å². The predicted octanol–water partition coefficient (Wildman–Crippen LogP) is 3.24. The third kappa shape index (κ3) is 3.05. The van der Waals surface area contributed by atoms with Crippen LogP contribution in [0.25, 0.3) is 0 Å². The van der Waals surface area contributed by atoms with Crippen LogP contribution >= 0.6 is 43.5 Å². The number of aromatic nitrogens is 3. The van der Waals surface area contributed by atoms with Gasteiger partial charge in [0.15, 0.2) is 5.82 Å². The van der Waals surface area contributed by atoms with Gasteiger partial charge in [-0.05, 0) is 37.9 Å².